The van der Waals surface area contributed by atoms with E-state index < -0.39 is 0 Å². The molecule has 1 N–H and O–H groups in total. The van der Waals surface area contributed by atoms with Crippen LogP contribution in [0.25, 0.3) is 4.85 Å². The Balaban J connectivity index is 1.59. The van der Waals surface area contributed by atoms with Gasteiger partial charge in [-0.25, -0.2) is 9.83 Å². The molecule has 1 fully saturated rings. The zero-order valence-corrected chi connectivity index (χ0v) is 17.3. The van der Waals surface area contributed by atoms with Crippen molar-refractivity contribution in [1.29, 1.82) is 0 Å². The SMILES string of the molecule is [C-]#[N+]c1ccc2cc1Oc1cccc(c1)CN1CC[C@@H](NCc3cncn3[C@H]2C)C1=O. The molecule has 0 aliphatic carbocycles. The van der Waals surface area contributed by atoms with Gasteiger partial charge in [0.1, 0.15) is 11.5 Å². The van der Waals surface area contributed by atoms with Gasteiger partial charge < -0.3 is 19.5 Å². The number of hydrogen-bond acceptors (Lipinski definition) is 4. The first kappa shape index (κ1) is 19.3. The molecule has 1 aromatic heterocycles. The van der Waals surface area contributed by atoms with E-state index in [0.29, 0.717) is 30.3 Å². The maximum atomic E-state index is 12.9. The number of imidazole rings is 1. The number of nitrogens with one attached hydrogen (secondary N) is 1. The minimum absolute atomic E-state index is 0.00329. The maximum Gasteiger partial charge on any atom is 0.240 e. The van der Waals surface area contributed by atoms with Crippen LogP contribution in [0.1, 0.15) is 36.2 Å². The maximum absolute atomic E-state index is 12.9. The summed E-state index contributed by atoms with van der Waals surface area (Å²) >= 11 is 0. The molecule has 0 unspecified atom stereocenters. The van der Waals surface area contributed by atoms with Crippen LogP contribution in [0.3, 0.4) is 0 Å². The van der Waals surface area contributed by atoms with Crippen LogP contribution >= 0.6 is 0 Å². The molecule has 2 aromatic carbocycles. The Hall–Kier alpha value is -3.63. The van der Waals surface area contributed by atoms with E-state index in [1.54, 1.807) is 12.4 Å². The van der Waals surface area contributed by atoms with Crippen molar-refractivity contribution in [1.82, 2.24) is 19.8 Å². The zero-order chi connectivity index (χ0) is 21.4. The van der Waals surface area contributed by atoms with Gasteiger partial charge in [-0.15, -0.1) is 0 Å². The normalized spacial score (nSPS) is 20.6. The van der Waals surface area contributed by atoms with Crippen LogP contribution in [0.15, 0.2) is 55.0 Å². The fraction of sp³-hybridized carbons (Fsp3) is 0.292. The second-order valence-electron chi connectivity index (χ2n) is 8.04. The molecular weight excluding hydrogens is 390 g/mol. The van der Waals surface area contributed by atoms with E-state index >= 15 is 0 Å². The van der Waals surface area contributed by atoms with E-state index in [4.69, 9.17) is 11.3 Å². The fourth-order valence-electron chi connectivity index (χ4n) is 4.31. The number of carbonyl (C=O) groups excluding carboxylic acids is 1. The van der Waals surface area contributed by atoms with E-state index in [-0.39, 0.29) is 18.0 Å². The highest BCUT2D eigenvalue weighted by molar-refractivity contribution is 5.84. The van der Waals surface area contributed by atoms with Crippen molar-refractivity contribution >= 4 is 11.6 Å². The first-order chi connectivity index (χ1) is 15.1. The number of carbonyl (C=O) groups is 1. The predicted molar refractivity (Wildman–Crippen MR) is 116 cm³/mol. The molecule has 0 saturated carbocycles. The molecule has 2 aliphatic rings. The average Bonchev–Trinajstić information content (AvgIpc) is 3.38. The van der Waals surface area contributed by atoms with E-state index in [9.17, 15) is 4.79 Å². The lowest BCUT2D eigenvalue weighted by atomic mass is 10.1. The van der Waals surface area contributed by atoms with E-state index in [0.717, 1.165) is 29.8 Å². The molecule has 7 nitrogen and oxygen atoms in total. The molecule has 6 bridgehead atoms. The van der Waals surface area contributed by atoms with Gasteiger partial charge in [0.2, 0.25) is 11.6 Å². The highest BCUT2D eigenvalue weighted by atomic mass is 16.5. The van der Waals surface area contributed by atoms with Crippen molar-refractivity contribution in [2.24, 2.45) is 0 Å². The van der Waals surface area contributed by atoms with Crippen molar-refractivity contribution in [3.8, 4) is 11.5 Å². The molecule has 5 rings (SSSR count). The van der Waals surface area contributed by atoms with Gasteiger partial charge in [-0.1, -0.05) is 24.3 Å². The number of fused-ring (bicyclic) bond motifs is 7. The first-order valence-electron chi connectivity index (χ1n) is 10.4. The van der Waals surface area contributed by atoms with Crippen molar-refractivity contribution in [2.45, 2.75) is 38.5 Å². The predicted octanol–water partition coefficient (Wildman–Crippen LogP) is 4.04. The minimum Gasteiger partial charge on any atom is -0.468 e. The number of aromatic nitrogens is 2. The van der Waals surface area contributed by atoms with Gasteiger partial charge in [0.25, 0.3) is 0 Å². The molecule has 0 radical (unpaired) electrons. The van der Waals surface area contributed by atoms with Crippen LogP contribution in [0, 0.1) is 6.57 Å². The fourth-order valence-corrected chi connectivity index (χ4v) is 4.31. The van der Waals surface area contributed by atoms with Crippen LogP contribution < -0.4 is 10.1 Å². The van der Waals surface area contributed by atoms with Crippen molar-refractivity contribution in [3.05, 3.63) is 83.2 Å². The molecular formula is C24H23N5O2. The van der Waals surface area contributed by atoms with Crippen LogP contribution in [-0.4, -0.2) is 32.9 Å². The number of nitrogens with zero attached hydrogens (tertiary/aromatic N) is 4. The van der Waals surface area contributed by atoms with Gasteiger partial charge in [-0.3, -0.25) is 4.79 Å². The summed E-state index contributed by atoms with van der Waals surface area (Å²) in [6.07, 6.45) is 4.42. The number of amides is 1. The molecule has 0 spiro atoms. The summed E-state index contributed by atoms with van der Waals surface area (Å²) < 4.78 is 8.24. The Morgan fingerprint density at radius 3 is 3.03 bits per heavy atom. The largest absolute Gasteiger partial charge is 0.468 e. The van der Waals surface area contributed by atoms with Crippen LogP contribution in [0.5, 0.6) is 11.5 Å². The average molecular weight is 413 g/mol. The summed E-state index contributed by atoms with van der Waals surface area (Å²) in [6, 6.07) is 13.2. The lowest BCUT2D eigenvalue weighted by molar-refractivity contribution is -0.129. The summed E-state index contributed by atoms with van der Waals surface area (Å²) in [5.74, 6) is 1.31. The lowest BCUT2D eigenvalue weighted by Gasteiger charge is -2.21. The smallest absolute Gasteiger partial charge is 0.240 e. The summed E-state index contributed by atoms with van der Waals surface area (Å²) in [4.78, 5) is 22.7. The molecule has 31 heavy (non-hydrogen) atoms. The highest BCUT2D eigenvalue weighted by Gasteiger charge is 2.31. The molecule has 3 heterocycles. The quantitative estimate of drug-likeness (QED) is 0.565. The Morgan fingerprint density at radius 2 is 2.16 bits per heavy atom. The Bertz CT molecular complexity index is 1180. The zero-order valence-electron chi connectivity index (χ0n) is 17.3. The third-order valence-corrected chi connectivity index (χ3v) is 6.08. The lowest BCUT2D eigenvalue weighted by Crippen LogP contribution is -2.38. The Morgan fingerprint density at radius 1 is 1.26 bits per heavy atom. The topological polar surface area (TPSA) is 63.8 Å². The molecule has 156 valence electrons. The van der Waals surface area contributed by atoms with E-state index in [1.165, 1.54) is 0 Å². The van der Waals surface area contributed by atoms with Gasteiger partial charge in [-0.05, 0) is 42.7 Å². The summed E-state index contributed by atoms with van der Waals surface area (Å²) in [7, 11) is 0. The molecule has 7 heteroatoms. The summed E-state index contributed by atoms with van der Waals surface area (Å²) in [5.41, 5.74) is 3.50. The van der Waals surface area contributed by atoms with Crippen LogP contribution in [0.4, 0.5) is 5.69 Å². The number of benzene rings is 2. The summed E-state index contributed by atoms with van der Waals surface area (Å²) in [6.45, 7) is 11.4. The van der Waals surface area contributed by atoms with E-state index in [1.807, 2.05) is 47.5 Å². The van der Waals surface area contributed by atoms with Gasteiger partial charge in [0.15, 0.2) is 0 Å². The van der Waals surface area contributed by atoms with Gasteiger partial charge >= 0.3 is 0 Å². The monoisotopic (exact) mass is 413 g/mol. The third-order valence-electron chi connectivity index (χ3n) is 6.08. The van der Waals surface area contributed by atoms with Crippen molar-refractivity contribution in [2.75, 3.05) is 6.54 Å². The van der Waals surface area contributed by atoms with Crippen molar-refractivity contribution < 1.29 is 9.53 Å². The van der Waals surface area contributed by atoms with Gasteiger partial charge in [-0.2, -0.15) is 0 Å². The number of ether oxygens (including phenoxy) is 1. The third kappa shape index (κ3) is 3.66. The van der Waals surface area contributed by atoms with Gasteiger partial charge in [0, 0.05) is 25.8 Å². The second kappa shape index (κ2) is 7.89. The minimum atomic E-state index is -0.185. The number of rotatable bonds is 0. The number of hydrogen-bond donors (Lipinski definition) is 1. The van der Waals surface area contributed by atoms with Crippen LogP contribution in [0.2, 0.25) is 0 Å². The van der Waals surface area contributed by atoms with Gasteiger partial charge in [0.05, 0.1) is 30.7 Å². The standard InChI is InChI=1S/C24H23N5O2/c1-16-18-6-7-21(25-2)23(11-18)31-20-5-3-4-17(10-20)14-28-9-8-22(24(28)30)27-13-19-12-26-15-29(16)19/h3-7,10-12,15-16,22,27H,8-9,13-14H2,1H3/t16-,22+/m0/s1. The van der Waals surface area contributed by atoms with E-state index in [2.05, 4.69) is 26.6 Å². The highest BCUT2D eigenvalue weighted by Crippen LogP contribution is 2.36. The van der Waals surface area contributed by atoms with Crippen molar-refractivity contribution in [3.63, 3.8) is 0 Å². The Labute approximate surface area is 181 Å². The summed E-state index contributed by atoms with van der Waals surface area (Å²) in [5, 5.41) is 3.42. The Kier molecular flexibility index (Phi) is 4.92. The first-order valence-corrected chi connectivity index (χ1v) is 10.4. The molecule has 3 aromatic rings. The molecule has 2 atom stereocenters. The molecule has 1 amide bonds. The second-order valence-corrected chi connectivity index (χ2v) is 8.04. The molecule has 1 saturated heterocycles. The molecule has 2 aliphatic heterocycles. The van der Waals surface area contributed by atoms with Crippen LogP contribution in [-0.2, 0) is 17.9 Å².